The van der Waals surface area contributed by atoms with Gasteiger partial charge in [-0.05, 0) is 62.1 Å². The van der Waals surface area contributed by atoms with Gasteiger partial charge in [0.25, 0.3) is 0 Å². The third kappa shape index (κ3) is 4.80. The van der Waals surface area contributed by atoms with Crippen molar-refractivity contribution in [2.75, 3.05) is 11.9 Å². The zero-order valence-electron chi connectivity index (χ0n) is 16.5. The molecule has 6 heteroatoms. The van der Waals surface area contributed by atoms with E-state index in [1.807, 2.05) is 32.0 Å². The van der Waals surface area contributed by atoms with E-state index >= 15 is 0 Å². The number of carbonyl (C=O) groups excluding carboxylic acids is 1. The zero-order valence-corrected chi connectivity index (χ0v) is 17.3. The van der Waals surface area contributed by atoms with Crippen LogP contribution in [0.4, 0.5) is 5.69 Å². The Balaban J connectivity index is 1.82. The summed E-state index contributed by atoms with van der Waals surface area (Å²) in [5.41, 5.74) is 2.92. The first-order valence-electron chi connectivity index (χ1n) is 9.82. The molecule has 28 heavy (non-hydrogen) atoms. The minimum absolute atomic E-state index is 0.135. The maximum Gasteiger partial charge on any atom is 0.243 e. The molecule has 0 heterocycles. The maximum absolute atomic E-state index is 13.3. The summed E-state index contributed by atoms with van der Waals surface area (Å²) in [5.74, 6) is -0.312. The molecule has 0 spiro atoms. The van der Waals surface area contributed by atoms with E-state index in [0.717, 1.165) is 43.2 Å². The van der Waals surface area contributed by atoms with Crippen LogP contribution in [0, 0.1) is 13.8 Å². The fraction of sp³-hybridized carbons (Fsp3) is 0.409. The van der Waals surface area contributed by atoms with Crippen LogP contribution in [-0.2, 0) is 14.8 Å². The lowest BCUT2D eigenvalue weighted by atomic mass is 9.95. The number of nitrogens with zero attached hydrogens (tertiary/aromatic N) is 1. The Bertz CT molecular complexity index is 920. The van der Waals surface area contributed by atoms with E-state index in [9.17, 15) is 13.2 Å². The van der Waals surface area contributed by atoms with E-state index in [0.29, 0.717) is 5.69 Å². The van der Waals surface area contributed by atoms with Crippen LogP contribution in [-0.4, -0.2) is 31.2 Å². The summed E-state index contributed by atoms with van der Waals surface area (Å²) in [6.45, 7) is 3.83. The quantitative estimate of drug-likeness (QED) is 0.788. The van der Waals surface area contributed by atoms with Crippen molar-refractivity contribution in [3.05, 3.63) is 59.7 Å². The normalized spacial score (nSPS) is 15.5. The minimum atomic E-state index is -3.73. The molecule has 1 amide bonds. The lowest BCUT2D eigenvalue weighted by Crippen LogP contribution is -2.45. The van der Waals surface area contributed by atoms with Crippen LogP contribution in [0.3, 0.4) is 0 Å². The zero-order chi connectivity index (χ0) is 20.1. The molecule has 0 aromatic heterocycles. The number of hydrogen-bond acceptors (Lipinski definition) is 3. The Kier molecular flexibility index (Phi) is 6.52. The van der Waals surface area contributed by atoms with Gasteiger partial charge in [0.05, 0.1) is 11.4 Å². The molecule has 0 atom stereocenters. The van der Waals surface area contributed by atoms with Gasteiger partial charge in [-0.1, -0.05) is 43.5 Å². The van der Waals surface area contributed by atoms with Crippen LogP contribution in [0.1, 0.15) is 43.2 Å². The number of anilines is 1. The minimum Gasteiger partial charge on any atom is -0.325 e. The van der Waals surface area contributed by atoms with Crippen molar-refractivity contribution in [2.24, 2.45) is 0 Å². The average Bonchev–Trinajstić information content (AvgIpc) is 2.70. The molecule has 1 saturated carbocycles. The van der Waals surface area contributed by atoms with Crippen molar-refractivity contribution in [3.8, 4) is 0 Å². The molecule has 5 nitrogen and oxygen atoms in total. The SMILES string of the molecule is Cc1ccc(NC(=O)CN(C2CCCCC2)S(=O)(=O)c2ccccc2)cc1C. The van der Waals surface area contributed by atoms with Crippen LogP contribution in [0.15, 0.2) is 53.4 Å². The number of carbonyl (C=O) groups is 1. The fourth-order valence-corrected chi connectivity index (χ4v) is 5.33. The molecule has 0 aliphatic heterocycles. The van der Waals surface area contributed by atoms with Crippen LogP contribution in [0.5, 0.6) is 0 Å². The van der Waals surface area contributed by atoms with Crippen molar-refractivity contribution in [2.45, 2.75) is 56.9 Å². The first kappa shape index (κ1) is 20.6. The third-order valence-corrected chi connectivity index (χ3v) is 7.33. The van der Waals surface area contributed by atoms with E-state index in [4.69, 9.17) is 0 Å². The van der Waals surface area contributed by atoms with Crippen LogP contribution >= 0.6 is 0 Å². The molecular weight excluding hydrogens is 372 g/mol. The van der Waals surface area contributed by atoms with E-state index in [-0.39, 0.29) is 23.4 Å². The maximum atomic E-state index is 13.3. The highest BCUT2D eigenvalue weighted by atomic mass is 32.2. The summed E-state index contributed by atoms with van der Waals surface area (Å²) in [7, 11) is -3.73. The van der Waals surface area contributed by atoms with E-state index in [2.05, 4.69) is 5.32 Å². The van der Waals surface area contributed by atoms with Gasteiger partial charge < -0.3 is 5.32 Å². The largest absolute Gasteiger partial charge is 0.325 e. The van der Waals surface area contributed by atoms with E-state index in [1.54, 1.807) is 30.3 Å². The molecule has 3 rings (SSSR count). The predicted octanol–water partition coefficient (Wildman–Crippen LogP) is 4.27. The summed E-state index contributed by atoms with van der Waals surface area (Å²) in [5, 5.41) is 2.86. The molecule has 0 radical (unpaired) electrons. The van der Waals surface area contributed by atoms with Crippen molar-refractivity contribution in [1.82, 2.24) is 4.31 Å². The number of benzene rings is 2. The van der Waals surface area contributed by atoms with Crippen LogP contribution in [0.2, 0.25) is 0 Å². The molecule has 0 bridgehead atoms. The van der Waals surface area contributed by atoms with Gasteiger partial charge in [0, 0.05) is 11.7 Å². The Morgan fingerprint density at radius 2 is 1.68 bits per heavy atom. The van der Waals surface area contributed by atoms with Gasteiger partial charge in [-0.2, -0.15) is 4.31 Å². The number of rotatable bonds is 6. The van der Waals surface area contributed by atoms with Gasteiger partial charge in [0.2, 0.25) is 15.9 Å². The fourth-order valence-electron chi connectivity index (χ4n) is 3.67. The van der Waals surface area contributed by atoms with Gasteiger partial charge in [0.1, 0.15) is 0 Å². The second kappa shape index (κ2) is 8.88. The predicted molar refractivity (Wildman–Crippen MR) is 112 cm³/mol. The lowest BCUT2D eigenvalue weighted by Gasteiger charge is -2.33. The highest BCUT2D eigenvalue weighted by Crippen LogP contribution is 2.28. The molecule has 0 saturated heterocycles. The van der Waals surface area contributed by atoms with Crippen LogP contribution < -0.4 is 5.32 Å². The number of aryl methyl sites for hydroxylation is 2. The first-order valence-corrected chi connectivity index (χ1v) is 11.3. The van der Waals surface area contributed by atoms with Crippen molar-refractivity contribution in [1.29, 1.82) is 0 Å². The van der Waals surface area contributed by atoms with Gasteiger partial charge in [-0.15, -0.1) is 0 Å². The van der Waals surface area contributed by atoms with Gasteiger partial charge in [-0.25, -0.2) is 8.42 Å². The molecular formula is C22H28N2O3S. The Labute approximate surface area is 167 Å². The topological polar surface area (TPSA) is 66.5 Å². The van der Waals surface area contributed by atoms with Gasteiger partial charge in [-0.3, -0.25) is 4.79 Å². The molecule has 2 aromatic rings. The molecule has 1 aliphatic carbocycles. The first-order chi connectivity index (χ1) is 13.4. The second-order valence-electron chi connectivity index (χ2n) is 7.50. The monoisotopic (exact) mass is 400 g/mol. The van der Waals surface area contributed by atoms with E-state index in [1.165, 1.54) is 4.31 Å². The summed E-state index contributed by atoms with van der Waals surface area (Å²) < 4.78 is 27.9. The average molecular weight is 401 g/mol. The highest BCUT2D eigenvalue weighted by Gasteiger charge is 2.33. The summed E-state index contributed by atoms with van der Waals surface area (Å²) >= 11 is 0. The number of sulfonamides is 1. The Morgan fingerprint density at radius 3 is 2.32 bits per heavy atom. The second-order valence-corrected chi connectivity index (χ2v) is 9.39. The Hall–Kier alpha value is -2.18. The molecule has 2 aromatic carbocycles. The summed E-state index contributed by atoms with van der Waals surface area (Å²) in [4.78, 5) is 13.0. The van der Waals surface area contributed by atoms with Gasteiger partial charge >= 0.3 is 0 Å². The van der Waals surface area contributed by atoms with Crippen molar-refractivity contribution < 1.29 is 13.2 Å². The number of hydrogen-bond donors (Lipinski definition) is 1. The molecule has 0 unspecified atom stereocenters. The molecule has 1 aliphatic rings. The lowest BCUT2D eigenvalue weighted by molar-refractivity contribution is -0.116. The number of amides is 1. The molecule has 1 fully saturated rings. The highest BCUT2D eigenvalue weighted by molar-refractivity contribution is 7.89. The Morgan fingerprint density at radius 1 is 1.00 bits per heavy atom. The number of nitrogens with one attached hydrogen (secondary N) is 1. The van der Waals surface area contributed by atoms with Crippen molar-refractivity contribution in [3.63, 3.8) is 0 Å². The molecule has 1 N–H and O–H groups in total. The summed E-state index contributed by atoms with van der Waals surface area (Å²) in [6, 6.07) is 14.0. The van der Waals surface area contributed by atoms with Crippen molar-refractivity contribution >= 4 is 21.6 Å². The van der Waals surface area contributed by atoms with Crippen LogP contribution in [0.25, 0.3) is 0 Å². The third-order valence-electron chi connectivity index (χ3n) is 5.42. The smallest absolute Gasteiger partial charge is 0.243 e. The van der Waals surface area contributed by atoms with Gasteiger partial charge in [0.15, 0.2) is 0 Å². The molecule has 150 valence electrons. The summed E-state index contributed by atoms with van der Waals surface area (Å²) in [6.07, 6.45) is 4.69. The standard InChI is InChI=1S/C22H28N2O3S/c1-17-13-14-19(15-18(17)2)23-22(25)16-24(20-9-5-3-6-10-20)28(26,27)21-11-7-4-8-12-21/h4,7-8,11-15,20H,3,5-6,9-10,16H2,1-2H3,(H,23,25). The van der Waals surface area contributed by atoms with E-state index < -0.39 is 10.0 Å².